The Morgan fingerprint density at radius 3 is 2.16 bits per heavy atom. The lowest BCUT2D eigenvalue weighted by molar-refractivity contribution is -0.131. The zero-order chi connectivity index (χ0) is 14.7. The average Bonchev–Trinajstić information content (AvgIpc) is 2.37. The minimum absolute atomic E-state index is 0.356. The Labute approximate surface area is 113 Å². The number of hydrogen-bond acceptors (Lipinski definition) is 5. The monoisotopic (exact) mass is 286 g/mol. The lowest BCUT2D eigenvalue weighted by atomic mass is 10.0. The number of carbonyl (C=O) groups is 1. The highest BCUT2D eigenvalue weighted by molar-refractivity contribution is 7.55. The molecule has 0 aliphatic rings. The summed E-state index contributed by atoms with van der Waals surface area (Å²) in [7, 11) is -0.700. The van der Waals surface area contributed by atoms with Gasteiger partial charge in [0.1, 0.15) is 5.75 Å². The molecule has 0 radical (unpaired) electrons. The predicted molar refractivity (Wildman–Crippen MR) is 72.4 cm³/mol. The van der Waals surface area contributed by atoms with Crippen LogP contribution in [0.4, 0.5) is 0 Å². The summed E-state index contributed by atoms with van der Waals surface area (Å²) in [5, 5.41) is -0.942. The van der Waals surface area contributed by atoms with Crippen LogP contribution in [0.5, 0.6) is 5.75 Å². The number of carbonyl (C=O) groups excluding carboxylic acids is 1. The van der Waals surface area contributed by atoms with Gasteiger partial charge in [0.2, 0.25) is 0 Å². The van der Waals surface area contributed by atoms with Crippen molar-refractivity contribution >= 4 is 13.6 Å². The van der Waals surface area contributed by atoms with Crippen LogP contribution < -0.4 is 4.74 Å². The second kappa shape index (κ2) is 5.87. The minimum Gasteiger partial charge on any atom is -0.426 e. The fourth-order valence-corrected chi connectivity index (χ4v) is 3.44. The van der Waals surface area contributed by atoms with Gasteiger partial charge in [-0.25, -0.2) is 0 Å². The first kappa shape index (κ1) is 15.9. The van der Waals surface area contributed by atoms with Gasteiger partial charge in [-0.05, 0) is 19.9 Å². The molecule has 1 rings (SSSR count). The second-order valence-corrected chi connectivity index (χ2v) is 7.35. The van der Waals surface area contributed by atoms with E-state index < -0.39 is 18.7 Å². The molecule has 0 aliphatic carbocycles. The Balaban J connectivity index is 3.36. The van der Waals surface area contributed by atoms with Crippen LogP contribution in [-0.4, -0.2) is 20.2 Å². The van der Waals surface area contributed by atoms with E-state index in [1.807, 2.05) is 0 Å². The van der Waals surface area contributed by atoms with Crippen LogP contribution in [-0.2, 0) is 23.6 Å². The zero-order valence-corrected chi connectivity index (χ0v) is 12.7. The molecule has 0 aromatic heterocycles. The number of esters is 1. The largest absolute Gasteiger partial charge is 0.426 e. The van der Waals surface area contributed by atoms with E-state index in [4.69, 9.17) is 13.8 Å². The lowest BCUT2D eigenvalue weighted by Crippen LogP contribution is -2.21. The molecule has 19 heavy (non-hydrogen) atoms. The summed E-state index contributed by atoms with van der Waals surface area (Å²) in [6.07, 6.45) is 0. The number of hydrogen-bond donors (Lipinski definition) is 0. The summed E-state index contributed by atoms with van der Waals surface area (Å²) in [6, 6.07) is 6.90. The maximum atomic E-state index is 12.6. The summed E-state index contributed by atoms with van der Waals surface area (Å²) in [5.74, 6) is -0.0813. The van der Waals surface area contributed by atoms with E-state index in [1.165, 1.54) is 21.1 Å². The minimum atomic E-state index is -3.37. The highest BCUT2D eigenvalue weighted by Crippen LogP contribution is 2.64. The second-order valence-electron chi connectivity index (χ2n) is 4.51. The quantitative estimate of drug-likeness (QED) is 0.472. The van der Waals surface area contributed by atoms with Gasteiger partial charge in [0.05, 0.1) is 5.16 Å². The number of ether oxygens (including phenoxy) is 1. The highest BCUT2D eigenvalue weighted by atomic mass is 31.2. The Bertz CT molecular complexity index is 502. The van der Waals surface area contributed by atoms with Crippen molar-refractivity contribution in [1.29, 1.82) is 0 Å². The van der Waals surface area contributed by atoms with Gasteiger partial charge >= 0.3 is 13.6 Å². The van der Waals surface area contributed by atoms with Crippen LogP contribution in [0, 0.1) is 0 Å². The SMILES string of the molecule is COP(=O)(OC)C(C)(C)c1ccccc1OC(C)=O. The molecule has 0 N–H and O–H groups in total. The first-order chi connectivity index (χ1) is 8.78. The normalized spacial score (nSPS) is 12.3. The molecule has 5 nitrogen and oxygen atoms in total. The zero-order valence-electron chi connectivity index (χ0n) is 11.8. The summed E-state index contributed by atoms with van der Waals surface area (Å²) < 4.78 is 27.9. The van der Waals surface area contributed by atoms with Crippen molar-refractivity contribution in [1.82, 2.24) is 0 Å². The van der Waals surface area contributed by atoms with Crippen molar-refractivity contribution < 1.29 is 23.1 Å². The third-order valence-electron chi connectivity index (χ3n) is 2.97. The first-order valence-corrected chi connectivity index (χ1v) is 7.32. The van der Waals surface area contributed by atoms with Gasteiger partial charge in [-0.2, -0.15) is 0 Å². The summed E-state index contributed by atoms with van der Waals surface area (Å²) in [6.45, 7) is 4.77. The Kier molecular flexibility index (Phi) is 4.91. The predicted octanol–water partition coefficient (Wildman–Crippen LogP) is 3.33. The van der Waals surface area contributed by atoms with Gasteiger partial charge in [-0.1, -0.05) is 18.2 Å². The van der Waals surface area contributed by atoms with Crippen LogP contribution in [0.3, 0.4) is 0 Å². The topological polar surface area (TPSA) is 61.8 Å². The third kappa shape index (κ3) is 3.06. The van der Waals surface area contributed by atoms with E-state index in [0.717, 1.165) is 0 Å². The Morgan fingerprint density at radius 1 is 1.16 bits per heavy atom. The molecular formula is C13H19O5P. The van der Waals surface area contributed by atoms with Gasteiger partial charge in [-0.3, -0.25) is 9.36 Å². The molecule has 106 valence electrons. The van der Waals surface area contributed by atoms with Crippen molar-refractivity contribution in [2.24, 2.45) is 0 Å². The van der Waals surface area contributed by atoms with Gasteiger partial charge in [0, 0.05) is 26.7 Å². The van der Waals surface area contributed by atoms with Crippen molar-refractivity contribution in [3.63, 3.8) is 0 Å². The summed E-state index contributed by atoms with van der Waals surface area (Å²) >= 11 is 0. The molecule has 1 aromatic rings. The smallest absolute Gasteiger partial charge is 0.340 e. The summed E-state index contributed by atoms with van der Waals surface area (Å²) in [4.78, 5) is 11.1. The molecule has 0 aliphatic heterocycles. The van der Waals surface area contributed by atoms with Crippen molar-refractivity contribution in [2.45, 2.75) is 25.9 Å². The van der Waals surface area contributed by atoms with E-state index in [1.54, 1.807) is 38.1 Å². The average molecular weight is 286 g/mol. The van der Waals surface area contributed by atoms with Gasteiger partial charge in [0.25, 0.3) is 0 Å². The van der Waals surface area contributed by atoms with E-state index in [-0.39, 0.29) is 0 Å². The number of rotatable bonds is 5. The molecular weight excluding hydrogens is 267 g/mol. The van der Waals surface area contributed by atoms with Crippen LogP contribution in [0.15, 0.2) is 24.3 Å². The molecule has 0 amide bonds. The molecule has 6 heteroatoms. The van der Waals surface area contributed by atoms with Crippen molar-refractivity contribution in [3.05, 3.63) is 29.8 Å². The molecule has 0 bridgehead atoms. The van der Waals surface area contributed by atoms with Crippen molar-refractivity contribution in [3.8, 4) is 5.75 Å². The van der Waals surface area contributed by atoms with E-state index >= 15 is 0 Å². The van der Waals surface area contributed by atoms with E-state index in [0.29, 0.717) is 11.3 Å². The van der Waals surface area contributed by atoms with Crippen LogP contribution in [0.25, 0.3) is 0 Å². The van der Waals surface area contributed by atoms with E-state index in [9.17, 15) is 9.36 Å². The fourth-order valence-electron chi connectivity index (χ4n) is 1.89. The molecule has 1 aromatic carbocycles. The Hall–Kier alpha value is -1.16. The van der Waals surface area contributed by atoms with Gasteiger partial charge in [0.15, 0.2) is 0 Å². The van der Waals surface area contributed by atoms with Crippen LogP contribution in [0.1, 0.15) is 26.3 Å². The van der Waals surface area contributed by atoms with Gasteiger partial charge < -0.3 is 13.8 Å². The maximum absolute atomic E-state index is 12.6. The lowest BCUT2D eigenvalue weighted by Gasteiger charge is -2.32. The third-order valence-corrected chi connectivity index (χ3v) is 5.54. The Morgan fingerprint density at radius 2 is 1.68 bits per heavy atom. The number of benzene rings is 1. The standard InChI is InChI=1S/C13H19O5P/c1-10(14)18-12-9-7-6-8-11(12)13(2,3)19(15,16-4)17-5/h6-9H,1-5H3. The molecule has 0 heterocycles. The molecule has 0 fully saturated rings. The molecule has 0 saturated heterocycles. The van der Waals surface area contributed by atoms with Crippen LogP contribution >= 0.6 is 7.60 Å². The molecule has 0 atom stereocenters. The first-order valence-electron chi connectivity index (χ1n) is 5.78. The molecule has 0 unspecified atom stereocenters. The number of para-hydroxylation sites is 1. The van der Waals surface area contributed by atoms with Crippen LogP contribution in [0.2, 0.25) is 0 Å². The summed E-state index contributed by atoms with van der Waals surface area (Å²) in [5.41, 5.74) is 0.595. The maximum Gasteiger partial charge on any atom is 0.340 e. The molecule has 0 saturated carbocycles. The van der Waals surface area contributed by atoms with Gasteiger partial charge in [-0.15, -0.1) is 0 Å². The molecule has 0 spiro atoms. The van der Waals surface area contributed by atoms with Crippen molar-refractivity contribution in [2.75, 3.05) is 14.2 Å². The highest BCUT2D eigenvalue weighted by Gasteiger charge is 2.45. The van der Waals surface area contributed by atoms with E-state index in [2.05, 4.69) is 0 Å². The fraction of sp³-hybridized carbons (Fsp3) is 0.462.